The molecule has 3 N–H and O–H groups in total. The molecule has 2 aromatic heterocycles. The van der Waals surface area contributed by atoms with E-state index in [4.69, 9.17) is 19.2 Å². The number of carbonyl (C=O) groups is 1. The number of H-pyrrole nitrogens is 1. The number of nitrogens with one attached hydrogen (secondary N) is 3. The summed E-state index contributed by atoms with van der Waals surface area (Å²) in [5, 5.41) is 16.5. The van der Waals surface area contributed by atoms with Crippen LogP contribution in [0.3, 0.4) is 0 Å². The van der Waals surface area contributed by atoms with E-state index in [0.29, 0.717) is 72.6 Å². The number of hydrogen-bond donors (Lipinski definition) is 3. The number of anilines is 4. The standard InChI is InChI=1S/C51H61N9O8S/c1-32(2)39-7-4-5-8-40(39)42-9-6-16-58(42)37-27-51(28-37)13-17-57(18-14-51)36-10-11-41(43(24-36)59-29-33(3)68-50-45(59)23-34-12-15-52-48(34)54-50)49(61)55-69(64,65)38-25-44(60(62)63)47-46(26-38)67-31-35(53-47)30-56-19-21-66-22-20-56/h4-5,7-8,10-12,15,23-26,32-33,35,37,42,53H,6,9,13-14,16-22,27-31H2,1-3H3,(H,52,54)(H,55,61)/t33-,35-,42+/m1/s1. The van der Waals surface area contributed by atoms with E-state index >= 15 is 0 Å². The Morgan fingerprint density at radius 3 is 2.58 bits per heavy atom. The predicted molar refractivity (Wildman–Crippen MR) is 264 cm³/mol. The summed E-state index contributed by atoms with van der Waals surface area (Å²) in [5.41, 5.74) is 5.74. The molecule has 0 radical (unpaired) electrons. The molecule has 1 amide bonds. The third-order valence-corrected chi connectivity index (χ3v) is 16.8. The number of aromatic nitrogens is 2. The third-order valence-electron chi connectivity index (χ3n) is 15.5. The number of benzene rings is 3. The molecule has 18 heteroatoms. The molecule has 364 valence electrons. The van der Waals surface area contributed by atoms with Crippen molar-refractivity contribution in [3.63, 3.8) is 0 Å². The molecule has 6 aliphatic rings. The Morgan fingerprint density at radius 2 is 1.80 bits per heavy atom. The van der Waals surface area contributed by atoms with Gasteiger partial charge < -0.3 is 34.3 Å². The van der Waals surface area contributed by atoms with Crippen LogP contribution < -0.4 is 29.3 Å². The first kappa shape index (κ1) is 45.5. The smallest absolute Gasteiger partial charge is 0.297 e. The van der Waals surface area contributed by atoms with E-state index in [9.17, 15) is 23.3 Å². The second-order valence-corrected chi connectivity index (χ2v) is 22.0. The lowest BCUT2D eigenvalue weighted by molar-refractivity contribution is -0.384. The maximum atomic E-state index is 14.5. The number of hydrogen-bond acceptors (Lipinski definition) is 14. The number of nitrogens with zero attached hydrogens (tertiary/aromatic N) is 6. The van der Waals surface area contributed by atoms with E-state index in [1.54, 1.807) is 12.3 Å². The van der Waals surface area contributed by atoms with Gasteiger partial charge in [0, 0.05) is 74.2 Å². The van der Waals surface area contributed by atoms with Gasteiger partial charge >= 0.3 is 0 Å². The Balaban J connectivity index is 0.849. The fourth-order valence-corrected chi connectivity index (χ4v) is 12.9. The van der Waals surface area contributed by atoms with Crippen molar-refractivity contribution < 1.29 is 32.3 Å². The first-order valence-electron chi connectivity index (χ1n) is 24.6. The van der Waals surface area contributed by atoms with Crippen molar-refractivity contribution in [1.29, 1.82) is 0 Å². The van der Waals surface area contributed by atoms with Gasteiger partial charge in [-0.05, 0) is 105 Å². The number of aromatic amines is 1. The molecule has 3 aromatic carbocycles. The quantitative estimate of drug-likeness (QED) is 0.0862. The summed E-state index contributed by atoms with van der Waals surface area (Å²) in [4.78, 5) is 43.2. The molecule has 5 aliphatic heterocycles. The molecule has 17 nitrogen and oxygen atoms in total. The fraction of sp³-hybridized carbons (Fsp3) is 0.490. The SMILES string of the molecule is CC(C)c1ccccc1[C@@H]1CCCN1C1CC2(CCN(c3ccc(C(=O)NS(=O)(=O)c4cc5c(c([N+](=O)[O-])c4)N[C@H](CN4CCOCC4)CO5)c(N4C[C@@H](C)Oc5nc6[nH]ccc6cc54)c3)CC2)C1. The number of morpholine rings is 1. The minimum atomic E-state index is -4.66. The monoisotopic (exact) mass is 959 g/mol. The zero-order valence-electron chi connectivity index (χ0n) is 39.5. The van der Waals surface area contributed by atoms with Gasteiger partial charge in [0.15, 0.2) is 11.4 Å². The first-order valence-corrected chi connectivity index (χ1v) is 26.0. The van der Waals surface area contributed by atoms with Crippen LogP contribution in [0.4, 0.5) is 28.4 Å². The molecular weight excluding hydrogens is 899 g/mol. The Kier molecular flexibility index (Phi) is 11.9. The summed E-state index contributed by atoms with van der Waals surface area (Å²) in [6.07, 6.45) is 8.45. The molecule has 1 saturated carbocycles. The van der Waals surface area contributed by atoms with E-state index < -0.39 is 31.4 Å². The lowest BCUT2D eigenvalue weighted by Gasteiger charge is -2.56. The van der Waals surface area contributed by atoms with Crippen molar-refractivity contribution in [2.45, 2.75) is 94.3 Å². The Hall–Kier alpha value is -5.95. The van der Waals surface area contributed by atoms with Crippen LogP contribution in [0.5, 0.6) is 11.6 Å². The van der Waals surface area contributed by atoms with E-state index in [0.717, 1.165) is 62.7 Å². The maximum absolute atomic E-state index is 14.5. The van der Waals surface area contributed by atoms with Crippen molar-refractivity contribution in [2.75, 3.05) is 80.8 Å². The number of fused-ring (bicyclic) bond motifs is 3. The van der Waals surface area contributed by atoms with Crippen LogP contribution in [-0.4, -0.2) is 123 Å². The number of nitro benzene ring substituents is 1. The lowest BCUT2D eigenvalue weighted by atomic mass is 9.59. The third kappa shape index (κ3) is 8.73. The van der Waals surface area contributed by atoms with Crippen LogP contribution in [0.15, 0.2) is 77.8 Å². The second kappa shape index (κ2) is 18.1. The minimum absolute atomic E-state index is 0.0242. The summed E-state index contributed by atoms with van der Waals surface area (Å²) >= 11 is 0. The highest BCUT2D eigenvalue weighted by atomic mass is 32.2. The zero-order chi connectivity index (χ0) is 47.6. The molecule has 3 saturated heterocycles. The van der Waals surface area contributed by atoms with Crippen molar-refractivity contribution >= 4 is 55.4 Å². The van der Waals surface area contributed by atoms with E-state index in [1.165, 1.54) is 42.9 Å². The van der Waals surface area contributed by atoms with Gasteiger partial charge in [0.25, 0.3) is 21.6 Å². The van der Waals surface area contributed by atoms with Crippen LogP contribution in [0.25, 0.3) is 11.0 Å². The number of ether oxygens (including phenoxy) is 3. The molecule has 0 unspecified atom stereocenters. The van der Waals surface area contributed by atoms with Gasteiger partial charge in [-0.15, -0.1) is 0 Å². The summed E-state index contributed by atoms with van der Waals surface area (Å²) in [7, 11) is -4.66. The Labute approximate surface area is 402 Å². The number of nitro groups is 1. The number of likely N-dealkylation sites (tertiary alicyclic amines) is 1. The molecule has 1 spiro atoms. The number of sulfonamides is 1. The minimum Gasteiger partial charge on any atom is -0.489 e. The van der Waals surface area contributed by atoms with Gasteiger partial charge in [-0.3, -0.25) is 24.7 Å². The van der Waals surface area contributed by atoms with Crippen molar-refractivity contribution in [2.24, 2.45) is 5.41 Å². The van der Waals surface area contributed by atoms with Crippen LogP contribution in [0.2, 0.25) is 0 Å². The molecule has 5 aromatic rings. The maximum Gasteiger partial charge on any atom is 0.297 e. The second-order valence-electron chi connectivity index (χ2n) is 20.3. The Morgan fingerprint density at radius 1 is 1.00 bits per heavy atom. The highest BCUT2D eigenvalue weighted by Crippen LogP contribution is 2.54. The molecule has 3 atom stereocenters. The van der Waals surface area contributed by atoms with Crippen molar-refractivity contribution in [3.05, 3.63) is 99.7 Å². The number of amides is 1. The number of rotatable bonds is 11. The molecule has 7 heterocycles. The molecule has 69 heavy (non-hydrogen) atoms. The van der Waals surface area contributed by atoms with Crippen LogP contribution in [-0.2, 0) is 14.8 Å². The summed E-state index contributed by atoms with van der Waals surface area (Å²) < 4.78 is 48.3. The predicted octanol–water partition coefficient (Wildman–Crippen LogP) is 7.72. The van der Waals surface area contributed by atoms with Gasteiger partial charge in [0.1, 0.15) is 24.0 Å². The summed E-state index contributed by atoms with van der Waals surface area (Å²) in [6, 6.07) is 21.4. The number of piperidine rings is 1. The van der Waals surface area contributed by atoms with E-state index in [-0.39, 0.29) is 35.8 Å². The van der Waals surface area contributed by atoms with Crippen molar-refractivity contribution in [3.8, 4) is 11.6 Å². The average molecular weight is 960 g/mol. The Bertz CT molecular complexity index is 2890. The van der Waals surface area contributed by atoms with Gasteiger partial charge in [-0.2, -0.15) is 4.98 Å². The molecule has 11 rings (SSSR count). The van der Waals surface area contributed by atoms with E-state index in [2.05, 4.69) is 67.8 Å². The average Bonchev–Trinajstić information content (AvgIpc) is 4.02. The van der Waals surface area contributed by atoms with Crippen LogP contribution >= 0.6 is 0 Å². The molecule has 0 bridgehead atoms. The molecule has 4 fully saturated rings. The zero-order valence-corrected chi connectivity index (χ0v) is 40.3. The van der Waals surface area contributed by atoms with Gasteiger partial charge in [-0.1, -0.05) is 38.1 Å². The summed E-state index contributed by atoms with van der Waals surface area (Å²) in [6.45, 7) is 13.1. The number of carbonyl (C=O) groups excluding carboxylic acids is 1. The van der Waals surface area contributed by atoms with Gasteiger partial charge in [0.05, 0.1) is 46.9 Å². The normalized spacial score (nSPS) is 22.9. The van der Waals surface area contributed by atoms with E-state index in [1.807, 2.05) is 36.1 Å². The van der Waals surface area contributed by atoms with Crippen molar-refractivity contribution in [1.82, 2.24) is 24.5 Å². The number of pyridine rings is 1. The molecule has 1 aliphatic carbocycles. The molecular formula is C51H61N9O8S. The topological polar surface area (TPSA) is 188 Å². The highest BCUT2D eigenvalue weighted by Gasteiger charge is 2.50. The van der Waals surface area contributed by atoms with Crippen LogP contribution in [0, 0.1) is 15.5 Å². The van der Waals surface area contributed by atoms with Gasteiger partial charge in [-0.25, -0.2) is 13.1 Å². The lowest BCUT2D eigenvalue weighted by Crippen LogP contribution is -2.55. The highest BCUT2D eigenvalue weighted by molar-refractivity contribution is 7.90. The van der Waals surface area contributed by atoms with Crippen LogP contribution in [0.1, 0.15) is 92.7 Å². The largest absolute Gasteiger partial charge is 0.489 e. The summed E-state index contributed by atoms with van der Waals surface area (Å²) in [5.74, 6) is 0.0244. The fourth-order valence-electron chi connectivity index (χ4n) is 11.9. The first-order chi connectivity index (χ1) is 33.3. The van der Waals surface area contributed by atoms with Gasteiger partial charge in [0.2, 0.25) is 5.88 Å².